The van der Waals surface area contributed by atoms with E-state index in [0.29, 0.717) is 0 Å². The van der Waals surface area contributed by atoms with Gasteiger partial charge in [0.15, 0.2) is 0 Å². The summed E-state index contributed by atoms with van der Waals surface area (Å²) in [4.78, 5) is 0. The second kappa shape index (κ2) is 4.96. The summed E-state index contributed by atoms with van der Waals surface area (Å²) in [6, 6.07) is 8.52. The Morgan fingerprint density at radius 2 is 1.37 bits per heavy atom. The summed E-state index contributed by atoms with van der Waals surface area (Å²) in [6.45, 7) is 10.5. The Kier molecular flexibility index (Phi) is 3.52. The Morgan fingerprint density at radius 3 is 2.00 bits per heavy atom. The molecule has 0 unspecified atom stereocenters. The molecule has 2 aromatic carbocycles. The van der Waals surface area contributed by atoms with Gasteiger partial charge < -0.3 is 11.1 Å². The van der Waals surface area contributed by atoms with Crippen molar-refractivity contribution in [3.63, 3.8) is 0 Å². The van der Waals surface area contributed by atoms with Crippen LogP contribution in [0.3, 0.4) is 0 Å². The van der Waals surface area contributed by atoms with E-state index < -0.39 is 0 Å². The van der Waals surface area contributed by atoms with E-state index in [1.165, 1.54) is 27.8 Å². The fourth-order valence-corrected chi connectivity index (χ4v) is 2.48. The summed E-state index contributed by atoms with van der Waals surface area (Å²) in [5.74, 6) is 0. The maximum absolute atomic E-state index is 6.13. The molecule has 19 heavy (non-hydrogen) atoms. The number of hydrogen-bond donors (Lipinski definition) is 2. The van der Waals surface area contributed by atoms with Gasteiger partial charge in [0, 0.05) is 5.69 Å². The predicted octanol–water partition coefficient (Wildman–Crippen LogP) is 4.55. The number of hydrogen-bond acceptors (Lipinski definition) is 2. The van der Waals surface area contributed by atoms with Crippen LogP contribution in [0.2, 0.25) is 0 Å². The maximum Gasteiger partial charge on any atom is 0.0647 e. The number of aryl methyl sites for hydroxylation is 4. The van der Waals surface area contributed by atoms with Gasteiger partial charge in [-0.2, -0.15) is 0 Å². The summed E-state index contributed by atoms with van der Waals surface area (Å²) in [6.07, 6.45) is 0. The molecule has 0 fully saturated rings. The van der Waals surface area contributed by atoms with Crippen LogP contribution >= 0.6 is 0 Å². The summed E-state index contributed by atoms with van der Waals surface area (Å²) in [5, 5.41) is 3.49. The monoisotopic (exact) mass is 254 g/mol. The minimum atomic E-state index is 0.802. The predicted molar refractivity (Wildman–Crippen MR) is 84.3 cm³/mol. The third-order valence-electron chi connectivity index (χ3n) is 3.58. The van der Waals surface area contributed by atoms with Gasteiger partial charge in [-0.25, -0.2) is 0 Å². The van der Waals surface area contributed by atoms with E-state index in [4.69, 9.17) is 5.73 Å². The molecule has 2 rings (SSSR count). The molecule has 0 spiro atoms. The van der Waals surface area contributed by atoms with E-state index >= 15 is 0 Å². The molecule has 0 aliphatic carbocycles. The number of nitrogen functional groups attached to an aromatic ring is 1. The molecule has 0 amide bonds. The summed E-state index contributed by atoms with van der Waals surface area (Å²) in [5.41, 5.74) is 15.3. The van der Waals surface area contributed by atoms with Gasteiger partial charge in [0.05, 0.1) is 11.4 Å². The van der Waals surface area contributed by atoms with Gasteiger partial charge in [0.25, 0.3) is 0 Å². The zero-order valence-electron chi connectivity index (χ0n) is 12.4. The first-order valence-corrected chi connectivity index (χ1v) is 6.60. The highest BCUT2D eigenvalue weighted by atomic mass is 14.9. The second-order valence-electron chi connectivity index (χ2n) is 5.43. The fourth-order valence-electron chi connectivity index (χ4n) is 2.48. The van der Waals surface area contributed by atoms with E-state index in [2.05, 4.69) is 58.1 Å². The lowest BCUT2D eigenvalue weighted by Crippen LogP contribution is -2.02. The van der Waals surface area contributed by atoms with Crippen LogP contribution in [0.4, 0.5) is 17.1 Å². The molecular weight excluding hydrogens is 232 g/mol. The molecule has 2 nitrogen and oxygen atoms in total. The molecule has 0 saturated carbocycles. The minimum absolute atomic E-state index is 0.802. The lowest BCUT2D eigenvalue weighted by Gasteiger charge is -2.17. The maximum atomic E-state index is 6.13. The highest BCUT2D eigenvalue weighted by molar-refractivity contribution is 5.78. The van der Waals surface area contributed by atoms with Crippen LogP contribution in [-0.4, -0.2) is 0 Å². The van der Waals surface area contributed by atoms with E-state index in [-0.39, 0.29) is 0 Å². The normalized spacial score (nSPS) is 10.6. The minimum Gasteiger partial charge on any atom is -0.397 e. The second-order valence-corrected chi connectivity index (χ2v) is 5.43. The average molecular weight is 254 g/mol. The molecule has 0 heterocycles. The van der Waals surface area contributed by atoms with E-state index in [0.717, 1.165) is 17.1 Å². The number of benzene rings is 2. The molecule has 0 aliphatic heterocycles. The van der Waals surface area contributed by atoms with Crippen molar-refractivity contribution < 1.29 is 0 Å². The number of nitrogens with two attached hydrogens (primary N) is 1. The SMILES string of the molecule is Cc1cc(C)c(Nc2cc(C)cc(C)c2C)c(N)c1. The summed E-state index contributed by atoms with van der Waals surface area (Å²) < 4.78 is 0. The Morgan fingerprint density at radius 1 is 0.789 bits per heavy atom. The first-order valence-electron chi connectivity index (χ1n) is 6.60. The molecule has 3 N–H and O–H groups in total. The van der Waals surface area contributed by atoms with Crippen LogP contribution in [-0.2, 0) is 0 Å². The van der Waals surface area contributed by atoms with Crippen LogP contribution in [0, 0.1) is 34.6 Å². The zero-order chi connectivity index (χ0) is 14.2. The van der Waals surface area contributed by atoms with Crippen molar-refractivity contribution in [1.82, 2.24) is 0 Å². The van der Waals surface area contributed by atoms with Crippen LogP contribution in [0.1, 0.15) is 27.8 Å². The molecule has 0 saturated heterocycles. The first-order chi connectivity index (χ1) is 8.88. The Hall–Kier alpha value is -1.96. The first kappa shape index (κ1) is 13.5. The molecule has 0 atom stereocenters. The van der Waals surface area contributed by atoms with Crippen molar-refractivity contribution >= 4 is 17.1 Å². The molecule has 0 bridgehead atoms. The molecule has 0 radical (unpaired) electrons. The van der Waals surface area contributed by atoms with E-state index in [9.17, 15) is 0 Å². The summed E-state index contributed by atoms with van der Waals surface area (Å²) >= 11 is 0. The molecule has 0 aromatic heterocycles. The van der Waals surface area contributed by atoms with Crippen molar-refractivity contribution in [2.75, 3.05) is 11.1 Å². The molecule has 2 heteroatoms. The molecule has 2 aromatic rings. The smallest absolute Gasteiger partial charge is 0.0647 e. The number of anilines is 3. The molecular formula is C17H22N2. The molecule has 0 aliphatic rings. The standard InChI is InChI=1S/C17H22N2/c1-10-7-13(4)17(15(18)8-10)19-16-9-11(2)6-12(3)14(16)5/h6-9,19H,18H2,1-5H3. The Bertz CT molecular complexity index is 604. The third-order valence-corrected chi connectivity index (χ3v) is 3.58. The van der Waals surface area contributed by atoms with Crippen LogP contribution in [0.25, 0.3) is 0 Å². The van der Waals surface area contributed by atoms with Gasteiger partial charge in [-0.05, 0) is 74.6 Å². The number of nitrogens with one attached hydrogen (secondary N) is 1. The largest absolute Gasteiger partial charge is 0.397 e. The van der Waals surface area contributed by atoms with Gasteiger partial charge in [0.1, 0.15) is 0 Å². The Balaban J connectivity index is 2.48. The van der Waals surface area contributed by atoms with Crippen LogP contribution in [0.15, 0.2) is 24.3 Å². The highest BCUT2D eigenvalue weighted by Gasteiger charge is 2.08. The highest BCUT2D eigenvalue weighted by Crippen LogP contribution is 2.31. The van der Waals surface area contributed by atoms with Gasteiger partial charge in [-0.3, -0.25) is 0 Å². The van der Waals surface area contributed by atoms with Crippen molar-refractivity contribution in [2.45, 2.75) is 34.6 Å². The van der Waals surface area contributed by atoms with Crippen molar-refractivity contribution in [1.29, 1.82) is 0 Å². The van der Waals surface area contributed by atoms with Gasteiger partial charge in [0.2, 0.25) is 0 Å². The van der Waals surface area contributed by atoms with Crippen molar-refractivity contribution in [3.05, 3.63) is 52.1 Å². The lowest BCUT2D eigenvalue weighted by atomic mass is 10.0. The lowest BCUT2D eigenvalue weighted by molar-refractivity contribution is 1.28. The summed E-state index contributed by atoms with van der Waals surface area (Å²) in [7, 11) is 0. The van der Waals surface area contributed by atoms with E-state index in [1.54, 1.807) is 0 Å². The average Bonchev–Trinajstić information content (AvgIpc) is 2.29. The third kappa shape index (κ3) is 2.73. The van der Waals surface area contributed by atoms with Crippen molar-refractivity contribution in [2.24, 2.45) is 0 Å². The topological polar surface area (TPSA) is 38.0 Å². The quantitative estimate of drug-likeness (QED) is 0.771. The molecule has 100 valence electrons. The zero-order valence-corrected chi connectivity index (χ0v) is 12.4. The van der Waals surface area contributed by atoms with Gasteiger partial charge in [-0.15, -0.1) is 0 Å². The Labute approximate surface area is 115 Å². The van der Waals surface area contributed by atoms with E-state index in [1.807, 2.05) is 6.07 Å². The fraction of sp³-hybridized carbons (Fsp3) is 0.294. The van der Waals surface area contributed by atoms with Crippen LogP contribution in [0.5, 0.6) is 0 Å². The van der Waals surface area contributed by atoms with Crippen LogP contribution < -0.4 is 11.1 Å². The van der Waals surface area contributed by atoms with Gasteiger partial charge >= 0.3 is 0 Å². The van der Waals surface area contributed by atoms with Crippen molar-refractivity contribution in [3.8, 4) is 0 Å². The van der Waals surface area contributed by atoms with Gasteiger partial charge in [-0.1, -0.05) is 12.1 Å². The number of rotatable bonds is 2.